The van der Waals surface area contributed by atoms with Crippen molar-refractivity contribution >= 4 is 70.2 Å². The monoisotopic (exact) mass is 993 g/mol. The van der Waals surface area contributed by atoms with Crippen molar-refractivity contribution in [1.82, 2.24) is 14.7 Å². The minimum atomic E-state index is -4.58. The zero-order valence-corrected chi connectivity index (χ0v) is 41.7. The molecule has 0 bridgehead atoms. The molecule has 2 aliphatic heterocycles. The van der Waals surface area contributed by atoms with Gasteiger partial charge < -0.3 is 29.8 Å². The Morgan fingerprint density at radius 3 is 2.13 bits per heavy atom. The number of nitrogens with one attached hydrogen (secondary N) is 1. The lowest BCUT2D eigenvalue weighted by Gasteiger charge is -2.40. The van der Waals surface area contributed by atoms with Crippen molar-refractivity contribution < 1.29 is 37.4 Å². The van der Waals surface area contributed by atoms with Gasteiger partial charge in [-0.1, -0.05) is 47.5 Å². The summed E-state index contributed by atoms with van der Waals surface area (Å²) in [6.45, 7) is 13.9. The zero-order chi connectivity index (χ0) is 48.8. The van der Waals surface area contributed by atoms with E-state index in [1.54, 1.807) is 12.1 Å². The molecule has 0 radical (unpaired) electrons. The Morgan fingerprint density at radius 1 is 0.853 bits per heavy atom. The number of aliphatic hydroxyl groups excluding tert-OH is 1. The van der Waals surface area contributed by atoms with Crippen LogP contribution in [-0.2, 0) is 9.53 Å². The molecule has 2 N–H and O–H groups in total. The van der Waals surface area contributed by atoms with Crippen LogP contribution in [0, 0.1) is 5.92 Å². The molecule has 366 valence electrons. The molecule has 2 heterocycles. The molecule has 4 aromatic carbocycles. The topological polar surface area (TPSA) is 106 Å². The molecule has 2 saturated heterocycles. The average molecular weight is 995 g/mol. The van der Waals surface area contributed by atoms with Crippen molar-refractivity contribution in [3.63, 3.8) is 0 Å². The lowest BCUT2D eigenvalue weighted by atomic mass is 9.80. The van der Waals surface area contributed by atoms with Crippen LogP contribution in [0.3, 0.4) is 0 Å². The molecule has 7 rings (SSSR count). The first-order valence-electron chi connectivity index (χ1n) is 23.1. The van der Waals surface area contributed by atoms with Crippen molar-refractivity contribution in [2.45, 2.75) is 73.4 Å². The number of benzene rings is 4. The van der Waals surface area contributed by atoms with Gasteiger partial charge >= 0.3 is 11.6 Å². The van der Waals surface area contributed by atoms with E-state index in [4.69, 9.17) is 21.4 Å². The van der Waals surface area contributed by atoms with E-state index in [9.17, 15) is 27.6 Å². The number of aldehydes is 1. The lowest BCUT2D eigenvalue weighted by molar-refractivity contribution is -0.108. The number of ketones is 1. The number of halogens is 4. The highest BCUT2D eigenvalue weighted by molar-refractivity contribution is 8.00. The molecule has 2 unspecified atom stereocenters. The minimum absolute atomic E-state index is 0.113. The van der Waals surface area contributed by atoms with E-state index in [1.165, 1.54) is 46.7 Å². The number of nitrogens with zero attached hydrogens (tertiary/aromatic N) is 4. The molecule has 1 amide bonds. The molecule has 1 aliphatic carbocycles. The summed E-state index contributed by atoms with van der Waals surface area (Å²) in [5.74, 6) is 0.612. The fourth-order valence-corrected chi connectivity index (χ4v) is 10.6. The largest absolute Gasteiger partial charge is 0.446 e. The van der Waals surface area contributed by atoms with Gasteiger partial charge in [0, 0.05) is 128 Å². The zero-order valence-electron chi connectivity index (χ0n) is 39.3. The number of piperazine rings is 2. The van der Waals surface area contributed by atoms with Crippen molar-refractivity contribution in [1.29, 1.82) is 0 Å². The number of thioether (sulfide) groups is 2. The maximum atomic E-state index is 13.8. The molecule has 2 atom stereocenters. The van der Waals surface area contributed by atoms with E-state index in [1.807, 2.05) is 80.3 Å². The van der Waals surface area contributed by atoms with Gasteiger partial charge in [-0.3, -0.25) is 14.6 Å². The summed E-state index contributed by atoms with van der Waals surface area (Å²) in [6, 6.07) is 29.0. The number of carbonyl (C=O) groups is 3. The molecular weight excluding hydrogens is 931 g/mol. The van der Waals surface area contributed by atoms with Gasteiger partial charge in [0.25, 0.3) is 0 Å². The fraction of sp³-hybridized carbons (Fsp3) is 0.442. The SMILES string of the molecule is CC(C)(C)OC(=O)N1CCN(CC2CCC(c3ccc(Cl)cc3)=C(CN3CCN(c4ccc(C(=O)c5ccc(NC(CC=O)CSc6ccccc6)c(SC(F)(F)F)c5)cc4)CC3)C2)CC1.CO. The lowest BCUT2D eigenvalue weighted by Crippen LogP contribution is -2.51. The maximum Gasteiger partial charge on any atom is 0.446 e. The first-order chi connectivity index (χ1) is 32.6. The Bertz CT molecular complexity index is 2300. The Kier molecular flexibility index (Phi) is 19.3. The summed E-state index contributed by atoms with van der Waals surface area (Å²) >= 11 is 7.53. The van der Waals surface area contributed by atoms with E-state index < -0.39 is 17.2 Å². The normalized spacial score (nSPS) is 17.8. The third-order valence-electron chi connectivity index (χ3n) is 12.2. The molecule has 4 aromatic rings. The number of rotatable bonds is 16. The van der Waals surface area contributed by atoms with Crippen LogP contribution in [0.5, 0.6) is 0 Å². The number of alkyl halides is 3. The van der Waals surface area contributed by atoms with Crippen molar-refractivity contribution in [2.24, 2.45) is 5.92 Å². The molecule has 0 saturated carbocycles. The highest BCUT2D eigenvalue weighted by Crippen LogP contribution is 2.42. The van der Waals surface area contributed by atoms with Gasteiger partial charge in [0.2, 0.25) is 0 Å². The van der Waals surface area contributed by atoms with Gasteiger partial charge in [0.1, 0.15) is 11.9 Å². The fourth-order valence-electron chi connectivity index (χ4n) is 8.85. The number of anilines is 2. The highest BCUT2D eigenvalue weighted by Gasteiger charge is 2.33. The number of hydrogen-bond acceptors (Lipinski definition) is 11. The minimum Gasteiger partial charge on any atom is -0.444 e. The van der Waals surface area contributed by atoms with Crippen LogP contribution in [0.2, 0.25) is 5.02 Å². The smallest absolute Gasteiger partial charge is 0.444 e. The molecule has 10 nitrogen and oxygen atoms in total. The van der Waals surface area contributed by atoms with E-state index in [2.05, 4.69) is 32.1 Å². The van der Waals surface area contributed by atoms with Crippen molar-refractivity contribution in [3.8, 4) is 0 Å². The second-order valence-corrected chi connectivity index (χ2v) is 20.9. The van der Waals surface area contributed by atoms with Gasteiger partial charge in [0.05, 0.1) is 0 Å². The predicted molar refractivity (Wildman–Crippen MR) is 270 cm³/mol. The first kappa shape index (κ1) is 52.9. The first-order valence-corrected chi connectivity index (χ1v) is 25.3. The summed E-state index contributed by atoms with van der Waals surface area (Å²) in [7, 11) is 1.00. The summed E-state index contributed by atoms with van der Waals surface area (Å²) in [6.07, 6.45) is 3.76. The van der Waals surface area contributed by atoms with Crippen LogP contribution < -0.4 is 10.2 Å². The van der Waals surface area contributed by atoms with Gasteiger partial charge in [-0.15, -0.1) is 11.8 Å². The van der Waals surface area contributed by atoms with Crippen LogP contribution in [-0.4, -0.2) is 133 Å². The Morgan fingerprint density at radius 2 is 1.50 bits per heavy atom. The van der Waals surface area contributed by atoms with Gasteiger partial charge in [0.15, 0.2) is 5.78 Å². The summed E-state index contributed by atoms with van der Waals surface area (Å²) in [5.41, 5.74) is 0.762. The summed E-state index contributed by atoms with van der Waals surface area (Å²) < 4.78 is 47.1. The molecule has 16 heteroatoms. The number of hydrogen-bond donors (Lipinski definition) is 2. The van der Waals surface area contributed by atoms with Gasteiger partial charge in [-0.05, 0) is 136 Å². The molecule has 2 fully saturated rings. The molecule has 0 spiro atoms. The maximum absolute atomic E-state index is 13.8. The number of carbonyl (C=O) groups excluding carboxylic acids is 3. The summed E-state index contributed by atoms with van der Waals surface area (Å²) in [4.78, 5) is 47.9. The van der Waals surface area contributed by atoms with E-state index in [0.717, 1.165) is 101 Å². The quantitative estimate of drug-likeness (QED) is 0.0637. The van der Waals surface area contributed by atoms with Crippen LogP contribution in [0.1, 0.15) is 67.9 Å². The van der Waals surface area contributed by atoms with Gasteiger partial charge in [-0.25, -0.2) is 4.79 Å². The Labute approximate surface area is 412 Å². The standard InChI is InChI=1S/C51H59ClF3N5O4S2.CH4O/c1-50(2,3)64-49(63)60-28-24-57(25-29-60)33-36-9-19-45(37-10-15-41(52)16-11-37)40(31-36)34-58-22-26-59(27-23-58)43-17-12-38(13-18-43)48(62)39-14-20-46(47(32-39)66-51(53,54)55)56-42(21-30-61)35-65-44-7-5-4-6-8-44;1-2/h4-8,10-18,20,30,32,36,42,56H,9,19,21-29,31,33-35H2,1-3H3;2H,1H3. The Balaban J connectivity index is 0.00000376. The number of amides is 1. The molecular formula is C52H63ClF3N5O5S2. The Hall–Kier alpha value is -4.51. The highest BCUT2D eigenvalue weighted by atomic mass is 35.5. The van der Waals surface area contributed by atoms with E-state index in [0.29, 0.717) is 30.3 Å². The second kappa shape index (κ2) is 24.9. The predicted octanol–water partition coefficient (Wildman–Crippen LogP) is 10.9. The van der Waals surface area contributed by atoms with Crippen LogP contribution in [0.15, 0.2) is 112 Å². The second-order valence-electron chi connectivity index (χ2n) is 18.2. The molecule has 3 aliphatic rings. The van der Waals surface area contributed by atoms with Crippen LogP contribution in [0.25, 0.3) is 5.57 Å². The third kappa shape index (κ3) is 15.8. The third-order valence-corrected chi connectivity index (χ3v) is 14.4. The van der Waals surface area contributed by atoms with E-state index in [-0.39, 0.29) is 46.2 Å². The van der Waals surface area contributed by atoms with Crippen LogP contribution in [0.4, 0.5) is 29.3 Å². The van der Waals surface area contributed by atoms with Crippen molar-refractivity contribution in [2.75, 3.05) is 88.5 Å². The number of allylic oxidation sites excluding steroid dienone is 1. The number of ether oxygens (including phenoxy) is 1. The molecule has 0 aromatic heterocycles. The van der Waals surface area contributed by atoms with Crippen LogP contribution >= 0.6 is 35.1 Å². The van der Waals surface area contributed by atoms with Crippen molar-refractivity contribution in [3.05, 3.63) is 124 Å². The average Bonchev–Trinajstić information content (AvgIpc) is 3.32. The van der Waals surface area contributed by atoms with E-state index >= 15 is 0 Å². The van der Waals surface area contributed by atoms with Gasteiger partial charge in [-0.2, -0.15) is 13.2 Å². The number of aliphatic hydroxyl groups is 1. The molecule has 68 heavy (non-hydrogen) atoms. The summed E-state index contributed by atoms with van der Waals surface area (Å²) in [5, 5.41) is 10.9.